The number of nitrogens with two attached hydrogens (primary N) is 1. The minimum Gasteiger partial charge on any atom is -0.398 e. The van der Waals surface area contributed by atoms with Gasteiger partial charge in [-0.2, -0.15) is 14.7 Å². The van der Waals surface area contributed by atoms with Crippen molar-refractivity contribution in [2.75, 3.05) is 5.73 Å². The molecule has 0 spiro atoms. The molecule has 0 amide bonds. The van der Waals surface area contributed by atoms with Gasteiger partial charge in [-0.25, -0.2) is 0 Å². The van der Waals surface area contributed by atoms with Crippen molar-refractivity contribution in [1.29, 1.82) is 0 Å². The zero-order valence-corrected chi connectivity index (χ0v) is 10.7. The lowest BCUT2D eigenvalue weighted by Crippen LogP contribution is -2.12. The Hall–Kier alpha value is -0.850. The van der Waals surface area contributed by atoms with Crippen LogP contribution in [0.1, 0.15) is 11.2 Å². The van der Waals surface area contributed by atoms with E-state index in [0.29, 0.717) is 0 Å². The standard InChI is InChI=1S/C8H11NO7P2/c9-7-3-5(17(11,12)13)1-2-6(7)8(4-10)18(14,15)16/h1-4,8,14-16H,9H2,(H-,11,12,13)/p+1. The van der Waals surface area contributed by atoms with Gasteiger partial charge in [-0.3, -0.25) is 9.36 Å². The first-order chi connectivity index (χ1) is 8.07. The van der Waals surface area contributed by atoms with E-state index >= 15 is 0 Å². The van der Waals surface area contributed by atoms with Crippen molar-refractivity contribution in [1.82, 2.24) is 0 Å². The monoisotopic (exact) mass is 296 g/mol. The number of hydrogen-bond donors (Lipinski definition) is 6. The van der Waals surface area contributed by atoms with Gasteiger partial charge < -0.3 is 15.5 Å². The lowest BCUT2D eigenvalue weighted by atomic mass is 10.1. The van der Waals surface area contributed by atoms with Gasteiger partial charge in [0, 0.05) is 11.3 Å². The highest BCUT2D eigenvalue weighted by Gasteiger charge is 2.45. The number of hydrogen-bond acceptors (Lipinski definition) is 6. The van der Waals surface area contributed by atoms with Crippen molar-refractivity contribution in [3.63, 3.8) is 0 Å². The Morgan fingerprint density at radius 1 is 1.28 bits per heavy atom. The Balaban J connectivity index is 3.29. The van der Waals surface area contributed by atoms with E-state index in [0.717, 1.165) is 18.2 Å². The van der Waals surface area contributed by atoms with Gasteiger partial charge in [0.25, 0.3) is 0 Å². The zero-order valence-electron chi connectivity index (χ0n) is 8.91. The molecule has 8 nitrogen and oxygen atoms in total. The van der Waals surface area contributed by atoms with Crippen molar-refractivity contribution in [3.8, 4) is 0 Å². The fourth-order valence-electron chi connectivity index (χ4n) is 1.35. The molecule has 1 aromatic carbocycles. The summed E-state index contributed by atoms with van der Waals surface area (Å²) in [6, 6.07) is 2.97. The fourth-order valence-corrected chi connectivity index (χ4v) is 2.70. The second-order valence-electron chi connectivity index (χ2n) is 3.55. The molecule has 0 saturated carbocycles. The van der Waals surface area contributed by atoms with Gasteiger partial charge in [0.05, 0.1) is 5.30 Å². The summed E-state index contributed by atoms with van der Waals surface area (Å²) in [6.45, 7) is 0. The summed E-state index contributed by atoms with van der Waals surface area (Å²) < 4.78 is 11.0. The average molecular weight is 296 g/mol. The molecule has 0 aliphatic rings. The molecule has 0 bridgehead atoms. The first kappa shape index (κ1) is 15.2. The summed E-state index contributed by atoms with van der Waals surface area (Å²) in [5.41, 5.74) is 3.50. The number of benzene rings is 1. The SMILES string of the molecule is Nc1cc(P(=O)(O)O)ccc1C(C=O)[P+](O)(O)O. The van der Waals surface area contributed by atoms with Crippen LogP contribution in [0.3, 0.4) is 0 Å². The van der Waals surface area contributed by atoms with E-state index in [1.54, 1.807) is 0 Å². The second-order valence-corrected chi connectivity index (χ2v) is 6.94. The maximum Gasteiger partial charge on any atom is 0.419 e. The molecule has 1 unspecified atom stereocenters. The molecule has 7 N–H and O–H groups in total. The maximum absolute atomic E-state index is 11.0. The van der Waals surface area contributed by atoms with Crippen LogP contribution in [0.25, 0.3) is 0 Å². The molecule has 1 rings (SSSR count). The van der Waals surface area contributed by atoms with Crippen LogP contribution in [0.4, 0.5) is 5.69 Å². The quantitative estimate of drug-likeness (QED) is 0.235. The molecular weight excluding hydrogens is 284 g/mol. The minimum atomic E-state index is -4.49. The molecule has 0 aliphatic heterocycles. The molecular formula is C8H12NO7P2+. The first-order valence-corrected chi connectivity index (χ1v) is 7.88. The van der Waals surface area contributed by atoms with Crippen molar-refractivity contribution < 1.29 is 33.8 Å². The Morgan fingerprint density at radius 3 is 2.17 bits per heavy atom. The molecule has 100 valence electrons. The number of carbonyl (C=O) groups excluding carboxylic acids is 1. The second kappa shape index (κ2) is 5.03. The smallest absolute Gasteiger partial charge is 0.398 e. The summed E-state index contributed by atoms with van der Waals surface area (Å²) in [4.78, 5) is 55.7. The predicted molar refractivity (Wildman–Crippen MR) is 64.9 cm³/mol. The van der Waals surface area contributed by atoms with Crippen LogP contribution < -0.4 is 11.0 Å². The van der Waals surface area contributed by atoms with Gasteiger partial charge in [0.15, 0.2) is 6.29 Å². The van der Waals surface area contributed by atoms with Crippen molar-refractivity contribution >= 4 is 32.8 Å². The summed E-state index contributed by atoms with van der Waals surface area (Å²) >= 11 is 0. The maximum atomic E-state index is 11.0. The molecule has 0 fully saturated rings. The molecule has 0 heterocycles. The van der Waals surface area contributed by atoms with Crippen LogP contribution in [-0.2, 0) is 9.36 Å². The van der Waals surface area contributed by atoms with E-state index in [-0.39, 0.29) is 22.8 Å². The summed E-state index contributed by atoms with van der Waals surface area (Å²) in [7, 11) is -8.96. The molecule has 1 atom stereocenters. The summed E-state index contributed by atoms with van der Waals surface area (Å²) in [5, 5.41) is -0.369. The lowest BCUT2D eigenvalue weighted by molar-refractivity contribution is -0.108. The number of anilines is 1. The van der Waals surface area contributed by atoms with Gasteiger partial charge in [-0.1, -0.05) is 6.07 Å². The highest BCUT2D eigenvalue weighted by molar-refractivity contribution is 7.60. The Kier molecular flexibility index (Phi) is 4.25. The average Bonchev–Trinajstić information content (AvgIpc) is 2.17. The van der Waals surface area contributed by atoms with E-state index in [9.17, 15) is 9.36 Å². The fraction of sp³-hybridized carbons (Fsp3) is 0.125. The number of carbonyl (C=O) groups is 1. The first-order valence-electron chi connectivity index (χ1n) is 4.55. The number of rotatable bonds is 4. The Bertz CT molecular complexity index is 507. The van der Waals surface area contributed by atoms with E-state index in [2.05, 4.69) is 0 Å². The molecule has 18 heavy (non-hydrogen) atoms. The highest BCUT2D eigenvalue weighted by atomic mass is 31.2. The largest absolute Gasteiger partial charge is 0.419 e. The minimum absolute atomic E-state index is 0.108. The van der Waals surface area contributed by atoms with Crippen molar-refractivity contribution in [2.24, 2.45) is 0 Å². The van der Waals surface area contributed by atoms with Gasteiger partial charge in [0.1, 0.15) is 0 Å². The summed E-state index contributed by atoms with van der Waals surface area (Å²) in [6.07, 6.45) is 0.108. The van der Waals surface area contributed by atoms with Crippen LogP contribution in [0.5, 0.6) is 0 Å². The summed E-state index contributed by atoms with van der Waals surface area (Å²) in [5.74, 6) is 0. The van der Waals surface area contributed by atoms with Gasteiger partial charge in [-0.05, 0) is 12.1 Å². The van der Waals surface area contributed by atoms with E-state index in [4.69, 9.17) is 30.2 Å². The van der Waals surface area contributed by atoms with Crippen LogP contribution in [0.2, 0.25) is 0 Å². The van der Waals surface area contributed by atoms with E-state index in [1.807, 2.05) is 0 Å². The van der Waals surface area contributed by atoms with Crippen LogP contribution in [0, 0.1) is 0 Å². The van der Waals surface area contributed by atoms with Crippen molar-refractivity contribution in [2.45, 2.75) is 5.66 Å². The van der Waals surface area contributed by atoms with Gasteiger partial charge in [0.2, 0.25) is 5.66 Å². The molecule has 1 aromatic rings. The predicted octanol–water partition coefficient (Wildman–Crippen LogP) is -0.949. The normalized spacial score (nSPS) is 14.3. The van der Waals surface area contributed by atoms with Crippen LogP contribution in [-0.4, -0.2) is 30.8 Å². The third-order valence-electron chi connectivity index (χ3n) is 2.23. The zero-order chi connectivity index (χ0) is 14.1. The molecule has 0 saturated heterocycles. The highest BCUT2D eigenvalue weighted by Crippen LogP contribution is 2.59. The number of nitrogen functional groups attached to an aromatic ring is 1. The third-order valence-corrected chi connectivity index (χ3v) is 4.32. The molecule has 0 radical (unpaired) electrons. The van der Waals surface area contributed by atoms with Gasteiger partial charge >= 0.3 is 15.5 Å². The van der Waals surface area contributed by atoms with Crippen LogP contribution >= 0.6 is 15.5 Å². The molecule has 0 aromatic heterocycles. The van der Waals surface area contributed by atoms with E-state index < -0.39 is 21.2 Å². The topological polar surface area (TPSA) is 161 Å². The molecule has 0 aliphatic carbocycles. The number of aldehydes is 1. The Labute approximate surface area is 102 Å². The lowest BCUT2D eigenvalue weighted by Gasteiger charge is -2.15. The molecule has 10 heteroatoms. The van der Waals surface area contributed by atoms with E-state index in [1.165, 1.54) is 0 Å². The van der Waals surface area contributed by atoms with Gasteiger partial charge in [-0.15, -0.1) is 0 Å². The Morgan fingerprint density at radius 2 is 1.83 bits per heavy atom. The van der Waals surface area contributed by atoms with Crippen molar-refractivity contribution in [3.05, 3.63) is 23.8 Å². The third kappa shape index (κ3) is 3.34. The van der Waals surface area contributed by atoms with Crippen LogP contribution in [0.15, 0.2) is 18.2 Å².